The highest BCUT2D eigenvalue weighted by molar-refractivity contribution is 7.84. The molecule has 1 N–H and O–H groups in total. The molecule has 0 bridgehead atoms. The first-order valence-corrected chi connectivity index (χ1v) is 8.54. The third-order valence-electron chi connectivity index (χ3n) is 3.39. The van der Waals surface area contributed by atoms with E-state index in [0.29, 0.717) is 6.04 Å². The van der Waals surface area contributed by atoms with Crippen molar-refractivity contribution in [2.45, 2.75) is 53.1 Å². The Balaban J connectivity index is 2.73. The summed E-state index contributed by atoms with van der Waals surface area (Å²) in [7, 11) is -0.710. The van der Waals surface area contributed by atoms with Crippen molar-refractivity contribution in [3.8, 4) is 0 Å². The molecule has 1 aromatic rings. The number of hydrogen-bond acceptors (Lipinski definition) is 3. The minimum absolute atomic E-state index is 0.272. The summed E-state index contributed by atoms with van der Waals surface area (Å²) in [6.45, 7) is 10.6. The van der Waals surface area contributed by atoms with E-state index in [2.05, 4.69) is 44.1 Å². The maximum Gasteiger partial charge on any atom is 0.0426 e. The Morgan fingerprint density at radius 2 is 1.95 bits per heavy atom. The lowest BCUT2D eigenvalue weighted by atomic mass is 9.99. The Kier molecular flexibility index (Phi) is 6.14. The zero-order valence-electron chi connectivity index (χ0n) is 12.9. The van der Waals surface area contributed by atoms with Gasteiger partial charge in [-0.15, -0.1) is 0 Å². The molecular formula is C15H26N2OS. The van der Waals surface area contributed by atoms with Gasteiger partial charge in [0.15, 0.2) is 0 Å². The number of hydrogen-bond donors (Lipinski definition) is 1. The van der Waals surface area contributed by atoms with E-state index >= 15 is 0 Å². The summed E-state index contributed by atoms with van der Waals surface area (Å²) in [6, 6.07) is 2.76. The zero-order valence-corrected chi connectivity index (χ0v) is 13.7. The second kappa shape index (κ2) is 7.15. The average molecular weight is 282 g/mol. The molecule has 19 heavy (non-hydrogen) atoms. The average Bonchev–Trinajstić information content (AvgIpc) is 2.24. The van der Waals surface area contributed by atoms with Gasteiger partial charge in [0, 0.05) is 46.3 Å². The van der Waals surface area contributed by atoms with E-state index in [4.69, 9.17) is 0 Å². The molecule has 0 aliphatic heterocycles. The molecule has 0 fully saturated rings. The van der Waals surface area contributed by atoms with Crippen molar-refractivity contribution in [1.29, 1.82) is 0 Å². The lowest BCUT2D eigenvalue weighted by molar-refractivity contribution is 0.467. The minimum Gasteiger partial charge on any atom is -0.308 e. The van der Waals surface area contributed by atoms with Crippen LogP contribution in [0.1, 0.15) is 48.8 Å². The third-order valence-corrected chi connectivity index (χ3v) is 4.20. The fourth-order valence-corrected chi connectivity index (χ4v) is 3.31. The van der Waals surface area contributed by atoms with Crippen LogP contribution in [0.2, 0.25) is 0 Å². The Bertz CT molecular complexity index is 436. The summed E-state index contributed by atoms with van der Waals surface area (Å²) in [6.07, 6.45) is 2.69. The first-order chi connectivity index (χ1) is 8.81. The summed E-state index contributed by atoms with van der Waals surface area (Å²) < 4.78 is 11.1. The predicted molar refractivity (Wildman–Crippen MR) is 83.0 cm³/mol. The van der Waals surface area contributed by atoms with Gasteiger partial charge >= 0.3 is 0 Å². The molecule has 0 saturated carbocycles. The van der Waals surface area contributed by atoms with Gasteiger partial charge in [-0.05, 0) is 58.2 Å². The lowest BCUT2D eigenvalue weighted by Gasteiger charge is -2.23. The first-order valence-electron chi connectivity index (χ1n) is 6.82. The highest BCUT2D eigenvalue weighted by atomic mass is 32.2. The first kappa shape index (κ1) is 16.3. The monoisotopic (exact) mass is 282 g/mol. The van der Waals surface area contributed by atoms with E-state index in [1.54, 1.807) is 6.26 Å². The number of rotatable bonds is 6. The largest absolute Gasteiger partial charge is 0.308 e. The van der Waals surface area contributed by atoms with Crippen LogP contribution in [0, 0.1) is 20.8 Å². The van der Waals surface area contributed by atoms with Crippen molar-refractivity contribution in [3.05, 3.63) is 28.6 Å². The third kappa shape index (κ3) is 5.03. The number of aromatic nitrogens is 1. The van der Waals surface area contributed by atoms with E-state index in [9.17, 15) is 4.21 Å². The molecule has 3 unspecified atom stereocenters. The zero-order chi connectivity index (χ0) is 14.6. The van der Waals surface area contributed by atoms with Gasteiger partial charge in [-0.1, -0.05) is 0 Å². The summed E-state index contributed by atoms with van der Waals surface area (Å²) in [4.78, 5) is 4.55. The van der Waals surface area contributed by atoms with Crippen LogP contribution < -0.4 is 5.32 Å². The van der Waals surface area contributed by atoms with Gasteiger partial charge in [-0.25, -0.2) is 0 Å². The van der Waals surface area contributed by atoms with Gasteiger partial charge in [-0.2, -0.15) is 0 Å². The van der Waals surface area contributed by atoms with E-state index in [1.165, 1.54) is 11.1 Å². The SMILES string of the molecule is Cc1cc(C)c(C(C)NC(C)CCS(C)=O)c(C)n1. The maximum absolute atomic E-state index is 11.1. The standard InChI is InChI=1S/C15H26N2OS/c1-10-9-12(3)17-14(5)15(10)13(4)16-11(2)7-8-19(6)18/h9,11,13,16H,7-8H2,1-6H3. The fourth-order valence-electron chi connectivity index (χ4n) is 2.62. The quantitative estimate of drug-likeness (QED) is 0.872. The molecular weight excluding hydrogens is 256 g/mol. The maximum atomic E-state index is 11.1. The Labute approximate surface area is 119 Å². The second-order valence-corrected chi connectivity index (χ2v) is 6.99. The summed E-state index contributed by atoms with van der Waals surface area (Å²) in [5, 5.41) is 3.58. The summed E-state index contributed by atoms with van der Waals surface area (Å²) >= 11 is 0. The molecule has 3 atom stereocenters. The number of nitrogens with zero attached hydrogens (tertiary/aromatic N) is 1. The molecule has 0 radical (unpaired) electrons. The number of aryl methyl sites for hydroxylation is 3. The van der Waals surface area contributed by atoms with Crippen LogP contribution in [-0.2, 0) is 10.8 Å². The van der Waals surface area contributed by atoms with Gasteiger partial charge in [0.05, 0.1) is 0 Å². The summed E-state index contributed by atoms with van der Waals surface area (Å²) in [5.41, 5.74) is 4.75. The molecule has 1 rings (SSSR count). The van der Waals surface area contributed by atoms with Crippen molar-refractivity contribution in [3.63, 3.8) is 0 Å². The van der Waals surface area contributed by atoms with E-state index in [-0.39, 0.29) is 6.04 Å². The smallest absolute Gasteiger partial charge is 0.0426 e. The van der Waals surface area contributed by atoms with Gasteiger partial charge in [0.2, 0.25) is 0 Å². The van der Waals surface area contributed by atoms with Crippen LogP contribution in [-0.4, -0.2) is 27.2 Å². The van der Waals surface area contributed by atoms with Crippen LogP contribution in [0.4, 0.5) is 0 Å². The van der Waals surface area contributed by atoms with Crippen LogP contribution in [0.15, 0.2) is 6.07 Å². The number of nitrogens with one attached hydrogen (secondary N) is 1. The fraction of sp³-hybridized carbons (Fsp3) is 0.667. The Morgan fingerprint density at radius 3 is 2.47 bits per heavy atom. The normalized spacial score (nSPS) is 16.1. The molecule has 4 heteroatoms. The molecule has 0 spiro atoms. The molecule has 0 saturated heterocycles. The molecule has 1 aromatic heterocycles. The summed E-state index contributed by atoms with van der Waals surface area (Å²) in [5.74, 6) is 0.755. The van der Waals surface area contributed by atoms with Gasteiger partial charge in [-0.3, -0.25) is 9.19 Å². The van der Waals surface area contributed by atoms with Crippen molar-refractivity contribution < 1.29 is 4.21 Å². The van der Waals surface area contributed by atoms with E-state index in [1.807, 2.05) is 6.92 Å². The van der Waals surface area contributed by atoms with Crippen LogP contribution in [0.3, 0.4) is 0 Å². The van der Waals surface area contributed by atoms with Crippen molar-refractivity contribution in [1.82, 2.24) is 10.3 Å². The Hall–Kier alpha value is -0.740. The van der Waals surface area contributed by atoms with Gasteiger partial charge in [0.25, 0.3) is 0 Å². The molecule has 108 valence electrons. The predicted octanol–water partition coefficient (Wildman–Crippen LogP) is 2.81. The molecule has 0 amide bonds. The topological polar surface area (TPSA) is 42.0 Å². The lowest BCUT2D eigenvalue weighted by Crippen LogP contribution is -2.31. The molecule has 0 aromatic carbocycles. The second-order valence-electron chi connectivity index (χ2n) is 5.44. The molecule has 1 heterocycles. The molecule has 0 aliphatic rings. The van der Waals surface area contributed by atoms with Crippen LogP contribution in [0.25, 0.3) is 0 Å². The molecule has 3 nitrogen and oxygen atoms in total. The van der Waals surface area contributed by atoms with Crippen molar-refractivity contribution in [2.24, 2.45) is 0 Å². The number of pyridine rings is 1. The van der Waals surface area contributed by atoms with Crippen molar-refractivity contribution in [2.75, 3.05) is 12.0 Å². The van der Waals surface area contributed by atoms with Crippen LogP contribution in [0.5, 0.6) is 0 Å². The van der Waals surface area contributed by atoms with Crippen LogP contribution >= 0.6 is 0 Å². The Morgan fingerprint density at radius 1 is 1.32 bits per heavy atom. The highest BCUT2D eigenvalue weighted by Gasteiger charge is 2.15. The van der Waals surface area contributed by atoms with E-state index < -0.39 is 10.8 Å². The molecule has 0 aliphatic carbocycles. The minimum atomic E-state index is -0.710. The highest BCUT2D eigenvalue weighted by Crippen LogP contribution is 2.21. The van der Waals surface area contributed by atoms with Gasteiger partial charge in [0.1, 0.15) is 0 Å². The van der Waals surface area contributed by atoms with Gasteiger partial charge < -0.3 is 5.32 Å². The van der Waals surface area contributed by atoms with Crippen molar-refractivity contribution >= 4 is 10.8 Å². The van der Waals surface area contributed by atoms with E-state index in [0.717, 1.165) is 23.6 Å².